The molecule has 0 atom stereocenters. The van der Waals surface area contributed by atoms with E-state index in [1.807, 2.05) is 18.2 Å². The molecule has 15 heteroatoms. The van der Waals surface area contributed by atoms with E-state index in [0.29, 0.717) is 46.7 Å². The molecule has 2 aliphatic rings. The minimum absolute atomic E-state index is 0.0383. The molecule has 0 spiro atoms. The number of imidazole rings is 1. The van der Waals surface area contributed by atoms with Crippen LogP contribution in [0.5, 0.6) is 5.75 Å². The lowest BCUT2D eigenvalue weighted by atomic mass is 10.0. The molecule has 6 aromatic rings. The van der Waals surface area contributed by atoms with Crippen LogP contribution in [0.3, 0.4) is 0 Å². The zero-order valence-corrected chi connectivity index (χ0v) is 31.3. The average Bonchev–Trinajstić information content (AvgIpc) is 3.64. The fraction of sp³-hybridized carbons (Fsp3) is 0.286. The first-order chi connectivity index (χ1) is 27.8. The number of nitrogens with one attached hydrogen (secondary N) is 2. The van der Waals surface area contributed by atoms with Gasteiger partial charge < -0.3 is 20.3 Å². The van der Waals surface area contributed by atoms with Crippen molar-refractivity contribution >= 4 is 34.6 Å². The summed E-state index contributed by atoms with van der Waals surface area (Å²) in [5.41, 5.74) is 2.88. The van der Waals surface area contributed by atoms with Crippen LogP contribution in [0.1, 0.15) is 23.2 Å². The van der Waals surface area contributed by atoms with Crippen molar-refractivity contribution < 1.29 is 27.1 Å². The lowest BCUT2D eigenvalue weighted by Crippen LogP contribution is -2.53. The van der Waals surface area contributed by atoms with E-state index < -0.39 is 29.0 Å². The van der Waals surface area contributed by atoms with Gasteiger partial charge in [0.25, 0.3) is 5.91 Å². The summed E-state index contributed by atoms with van der Waals surface area (Å²) >= 11 is 0. The van der Waals surface area contributed by atoms with Gasteiger partial charge in [0.15, 0.2) is 11.5 Å². The number of piperidine rings is 1. The van der Waals surface area contributed by atoms with Crippen molar-refractivity contribution in [2.75, 3.05) is 75.1 Å². The van der Waals surface area contributed by atoms with Gasteiger partial charge in [0, 0.05) is 87.1 Å². The second-order valence-corrected chi connectivity index (χ2v) is 14.1. The number of rotatable bonds is 11. The van der Waals surface area contributed by atoms with Crippen LogP contribution in [-0.2, 0) is 0 Å². The number of benzene rings is 3. The van der Waals surface area contributed by atoms with Gasteiger partial charge in [0.1, 0.15) is 29.7 Å². The van der Waals surface area contributed by atoms with E-state index in [1.54, 1.807) is 48.2 Å². The van der Waals surface area contributed by atoms with E-state index in [0.717, 1.165) is 69.9 Å². The Labute approximate surface area is 326 Å². The van der Waals surface area contributed by atoms with Gasteiger partial charge >= 0.3 is 0 Å². The number of hydrogen-bond donors (Lipinski definition) is 2. The number of alkyl halides is 1. The highest BCUT2D eigenvalue weighted by Crippen LogP contribution is 2.36. The topological polar surface area (TPSA) is 103 Å². The van der Waals surface area contributed by atoms with Crippen molar-refractivity contribution in [1.82, 2.24) is 29.2 Å². The van der Waals surface area contributed by atoms with Crippen LogP contribution in [0.2, 0.25) is 0 Å². The predicted molar refractivity (Wildman–Crippen MR) is 211 cm³/mol. The van der Waals surface area contributed by atoms with Crippen molar-refractivity contribution in [2.24, 2.45) is 0 Å². The molecular weight excluding hydrogens is 739 g/mol. The molecule has 5 heterocycles. The number of carbonyl (C=O) groups excluding carboxylic acids is 1. The van der Waals surface area contributed by atoms with Crippen LogP contribution in [0.25, 0.3) is 28.3 Å². The van der Waals surface area contributed by atoms with Crippen LogP contribution in [-0.4, -0.2) is 101 Å². The number of ether oxygens (including phenoxy) is 1. The fourth-order valence-electron chi connectivity index (χ4n) is 7.70. The van der Waals surface area contributed by atoms with E-state index in [9.17, 15) is 18.0 Å². The maximum absolute atomic E-state index is 15.2. The van der Waals surface area contributed by atoms with Gasteiger partial charge in [-0.05, 0) is 67.4 Å². The van der Waals surface area contributed by atoms with Gasteiger partial charge in [-0.15, -0.1) is 0 Å². The molecule has 11 nitrogen and oxygen atoms in total. The summed E-state index contributed by atoms with van der Waals surface area (Å²) in [6.45, 7) is 5.83. The summed E-state index contributed by atoms with van der Waals surface area (Å²) in [4.78, 5) is 34.2. The first kappa shape index (κ1) is 37.8. The molecule has 0 unspecified atom stereocenters. The second kappa shape index (κ2) is 16.6. The van der Waals surface area contributed by atoms with Gasteiger partial charge in [-0.1, -0.05) is 18.2 Å². The first-order valence-electron chi connectivity index (χ1n) is 18.9. The van der Waals surface area contributed by atoms with Gasteiger partial charge in [0.05, 0.1) is 29.9 Å². The summed E-state index contributed by atoms with van der Waals surface area (Å²) in [6.07, 6.45) is 5.33. The van der Waals surface area contributed by atoms with Crippen LogP contribution < -0.4 is 20.3 Å². The first-order valence-corrected chi connectivity index (χ1v) is 18.9. The molecule has 0 aliphatic carbocycles. The van der Waals surface area contributed by atoms with E-state index in [1.165, 1.54) is 24.3 Å². The highest BCUT2D eigenvalue weighted by atomic mass is 19.1. The lowest BCUT2D eigenvalue weighted by molar-refractivity contribution is 0.0816. The molecule has 0 saturated carbocycles. The third-order valence-electron chi connectivity index (χ3n) is 10.7. The second-order valence-electron chi connectivity index (χ2n) is 14.1. The molecule has 8 rings (SSSR count). The fourth-order valence-corrected chi connectivity index (χ4v) is 7.70. The highest BCUT2D eigenvalue weighted by Gasteiger charge is 2.28. The predicted octanol–water partition coefficient (Wildman–Crippen LogP) is 7.44. The lowest BCUT2D eigenvalue weighted by Gasteiger charge is -2.43. The SMILES string of the molecule is COc1cc(N2CCC(N3CCN(CCF)CC3)CC2)ccc1Nc1nccc(-c2c(-c3cccc(C(=O)Nc4c(F)cccc4F)c3)nc3c(F)cccn23)n1. The number of anilines is 4. The molecule has 3 aromatic heterocycles. The molecule has 57 heavy (non-hydrogen) atoms. The number of hydrogen-bond acceptors (Lipinski definition) is 9. The normalized spacial score (nSPS) is 15.6. The Bertz CT molecular complexity index is 2370. The van der Waals surface area contributed by atoms with Crippen molar-refractivity contribution in [3.05, 3.63) is 114 Å². The third kappa shape index (κ3) is 7.98. The summed E-state index contributed by atoms with van der Waals surface area (Å²) < 4.78 is 64.0. The molecule has 1 amide bonds. The van der Waals surface area contributed by atoms with Gasteiger partial charge in [0.2, 0.25) is 5.95 Å². The largest absolute Gasteiger partial charge is 0.494 e. The van der Waals surface area contributed by atoms with Crippen LogP contribution >= 0.6 is 0 Å². The minimum atomic E-state index is -0.909. The molecule has 0 bridgehead atoms. The van der Waals surface area contributed by atoms with E-state index in [4.69, 9.17) is 9.72 Å². The Balaban J connectivity index is 1.02. The Kier molecular flexibility index (Phi) is 11.0. The Morgan fingerprint density at radius 3 is 2.37 bits per heavy atom. The highest BCUT2D eigenvalue weighted by molar-refractivity contribution is 6.05. The number of amides is 1. The van der Waals surface area contributed by atoms with E-state index in [2.05, 4.69) is 35.3 Å². The number of aromatic nitrogens is 4. The van der Waals surface area contributed by atoms with Crippen LogP contribution in [0, 0.1) is 17.5 Å². The van der Waals surface area contributed by atoms with Gasteiger partial charge in [-0.2, -0.15) is 0 Å². The van der Waals surface area contributed by atoms with Crippen molar-refractivity contribution in [3.8, 4) is 28.4 Å². The smallest absolute Gasteiger partial charge is 0.255 e. The number of para-hydroxylation sites is 1. The van der Waals surface area contributed by atoms with E-state index >= 15 is 4.39 Å². The summed E-state index contributed by atoms with van der Waals surface area (Å²) in [6, 6.07) is 20.7. The zero-order chi connectivity index (χ0) is 39.5. The average molecular weight is 780 g/mol. The molecule has 2 aliphatic heterocycles. The Morgan fingerprint density at radius 2 is 1.61 bits per heavy atom. The molecular formula is C42H41F4N9O2. The number of methoxy groups -OCH3 is 1. The maximum Gasteiger partial charge on any atom is 0.255 e. The molecule has 294 valence electrons. The van der Waals surface area contributed by atoms with Crippen molar-refractivity contribution in [2.45, 2.75) is 18.9 Å². The molecule has 2 saturated heterocycles. The van der Waals surface area contributed by atoms with Crippen molar-refractivity contribution in [1.29, 1.82) is 0 Å². The zero-order valence-electron chi connectivity index (χ0n) is 31.3. The van der Waals surface area contributed by atoms with Gasteiger partial charge in [-0.3, -0.25) is 19.0 Å². The number of pyridine rings is 1. The number of carbonyl (C=O) groups is 1. The maximum atomic E-state index is 15.2. The number of piperazine rings is 1. The molecule has 3 aromatic carbocycles. The van der Waals surface area contributed by atoms with Crippen LogP contribution in [0.15, 0.2) is 91.3 Å². The monoisotopic (exact) mass is 779 g/mol. The van der Waals surface area contributed by atoms with Crippen LogP contribution in [0.4, 0.5) is 40.6 Å². The Morgan fingerprint density at radius 1 is 0.860 bits per heavy atom. The standard InChI is InChI=1S/C42H41F4N9O2/c1-57-36-26-30(53-18-13-29(14-19-53)54-23-21-52(20-15-43)22-24-54)10-11-34(36)48-42-47-16-12-35(49-42)39-37(50-40-33(46)9-4-17-55(39)40)27-5-2-6-28(25-27)41(56)51-38-31(44)7-3-8-32(38)45/h2-12,16-17,25-26,29H,13-15,18-24H2,1H3,(H,51,56)(H,47,48,49). The number of nitrogens with zero attached hydrogens (tertiary/aromatic N) is 7. The third-order valence-corrected chi connectivity index (χ3v) is 10.7. The van der Waals surface area contributed by atoms with Crippen molar-refractivity contribution in [3.63, 3.8) is 0 Å². The quantitative estimate of drug-likeness (QED) is 0.130. The molecule has 2 N–H and O–H groups in total. The molecule has 2 fully saturated rings. The Hall–Kier alpha value is -6.06. The molecule has 0 radical (unpaired) electrons. The number of halogens is 4. The number of fused-ring (bicyclic) bond motifs is 1. The summed E-state index contributed by atoms with van der Waals surface area (Å²) in [5.74, 6) is -2.26. The minimum Gasteiger partial charge on any atom is -0.494 e. The van der Waals surface area contributed by atoms with E-state index in [-0.39, 0.29) is 23.8 Å². The summed E-state index contributed by atoms with van der Waals surface area (Å²) in [5, 5.41) is 5.58. The van der Waals surface area contributed by atoms with Gasteiger partial charge in [-0.25, -0.2) is 32.5 Å². The summed E-state index contributed by atoms with van der Waals surface area (Å²) in [7, 11) is 1.61.